The second kappa shape index (κ2) is 4.78. The van der Waals surface area contributed by atoms with E-state index in [0.717, 1.165) is 19.0 Å². The molecule has 82 valence electrons. The second-order valence-corrected chi connectivity index (χ2v) is 4.72. The van der Waals surface area contributed by atoms with E-state index in [-0.39, 0.29) is 11.9 Å². The number of hydrogen-bond acceptors (Lipinski definition) is 2. The van der Waals surface area contributed by atoms with E-state index in [1.54, 1.807) is 0 Å². The average molecular weight is 198 g/mol. The smallest absolute Gasteiger partial charge is 0.234 e. The molecule has 0 saturated carbocycles. The minimum atomic E-state index is -0.200. The Morgan fingerprint density at radius 3 is 2.57 bits per heavy atom. The van der Waals surface area contributed by atoms with Crippen molar-refractivity contribution in [1.82, 2.24) is 4.90 Å². The predicted octanol–water partition coefficient (Wildman–Crippen LogP) is 1.23. The molecule has 1 heterocycles. The maximum Gasteiger partial charge on any atom is 0.234 e. The molecule has 2 unspecified atom stereocenters. The number of likely N-dealkylation sites (tertiary alicyclic amines) is 1. The van der Waals surface area contributed by atoms with Gasteiger partial charge in [-0.2, -0.15) is 0 Å². The quantitative estimate of drug-likeness (QED) is 0.741. The van der Waals surface area contributed by atoms with Gasteiger partial charge in [0.05, 0.1) is 6.04 Å². The van der Waals surface area contributed by atoms with Gasteiger partial charge in [-0.15, -0.1) is 0 Å². The Balaban J connectivity index is 2.51. The highest BCUT2D eigenvalue weighted by atomic mass is 16.1. The predicted molar refractivity (Wildman–Crippen MR) is 57.8 cm³/mol. The Hall–Kier alpha value is -0.570. The van der Waals surface area contributed by atoms with E-state index in [2.05, 4.69) is 18.7 Å². The van der Waals surface area contributed by atoms with Crippen molar-refractivity contribution >= 4 is 5.91 Å². The molecule has 1 amide bonds. The molecular formula is C11H22N2O. The number of carbonyl (C=O) groups excluding carboxylic acids is 1. The van der Waals surface area contributed by atoms with Crippen LogP contribution in [0.3, 0.4) is 0 Å². The molecule has 0 radical (unpaired) electrons. The van der Waals surface area contributed by atoms with Crippen molar-refractivity contribution in [1.29, 1.82) is 0 Å². The summed E-state index contributed by atoms with van der Waals surface area (Å²) in [5, 5.41) is 0. The molecule has 1 fully saturated rings. The highest BCUT2D eigenvalue weighted by Crippen LogP contribution is 2.24. The molecule has 1 saturated heterocycles. The van der Waals surface area contributed by atoms with Crippen LogP contribution < -0.4 is 5.73 Å². The van der Waals surface area contributed by atoms with Crippen LogP contribution in [-0.2, 0) is 4.79 Å². The number of piperidine rings is 1. The van der Waals surface area contributed by atoms with Gasteiger partial charge in [0.1, 0.15) is 0 Å². The Bertz CT molecular complexity index is 203. The van der Waals surface area contributed by atoms with Gasteiger partial charge in [0.2, 0.25) is 5.91 Å². The topological polar surface area (TPSA) is 46.3 Å². The maximum atomic E-state index is 11.1. The van der Waals surface area contributed by atoms with Gasteiger partial charge in [0.25, 0.3) is 0 Å². The number of nitrogens with zero attached hydrogens (tertiary/aromatic N) is 1. The van der Waals surface area contributed by atoms with Crippen LogP contribution in [0.25, 0.3) is 0 Å². The monoisotopic (exact) mass is 198 g/mol. The molecule has 0 spiro atoms. The summed E-state index contributed by atoms with van der Waals surface area (Å²) < 4.78 is 0. The van der Waals surface area contributed by atoms with Crippen molar-refractivity contribution in [3.8, 4) is 0 Å². The van der Waals surface area contributed by atoms with Crippen LogP contribution in [0.2, 0.25) is 0 Å². The summed E-state index contributed by atoms with van der Waals surface area (Å²) in [6.07, 6.45) is 2.49. The molecule has 1 rings (SSSR count). The number of hydrogen-bond donors (Lipinski definition) is 1. The van der Waals surface area contributed by atoms with Crippen molar-refractivity contribution in [3.05, 3.63) is 0 Å². The van der Waals surface area contributed by atoms with Gasteiger partial charge in [0.15, 0.2) is 0 Å². The lowest BCUT2D eigenvalue weighted by atomic mass is 9.87. The summed E-state index contributed by atoms with van der Waals surface area (Å²) in [7, 11) is 0. The summed E-state index contributed by atoms with van der Waals surface area (Å²) in [6.45, 7) is 8.46. The molecule has 3 heteroatoms. The average Bonchev–Trinajstić information content (AvgIpc) is 2.16. The van der Waals surface area contributed by atoms with Gasteiger partial charge in [0, 0.05) is 6.54 Å². The molecule has 0 aromatic carbocycles. The first-order valence-electron chi connectivity index (χ1n) is 5.55. The van der Waals surface area contributed by atoms with Crippen LogP contribution in [0.1, 0.15) is 33.6 Å². The van der Waals surface area contributed by atoms with Gasteiger partial charge in [-0.3, -0.25) is 9.69 Å². The van der Waals surface area contributed by atoms with E-state index in [1.807, 2.05) is 6.92 Å². The van der Waals surface area contributed by atoms with Crippen molar-refractivity contribution in [2.24, 2.45) is 17.6 Å². The standard InChI is InChI=1S/C11H22N2O/c1-8(2)10-5-4-6-13(7-10)9(3)11(12)14/h8-10H,4-7H2,1-3H3,(H2,12,14). The SMILES string of the molecule is CC(C)C1CCCN(C(C)C(N)=O)C1. The van der Waals surface area contributed by atoms with Crippen LogP contribution in [0, 0.1) is 11.8 Å². The molecule has 0 aromatic heterocycles. The van der Waals surface area contributed by atoms with Crippen molar-refractivity contribution in [3.63, 3.8) is 0 Å². The van der Waals surface area contributed by atoms with E-state index in [1.165, 1.54) is 12.8 Å². The molecule has 1 aliphatic heterocycles. The van der Waals surface area contributed by atoms with E-state index in [0.29, 0.717) is 5.92 Å². The summed E-state index contributed by atoms with van der Waals surface area (Å²) in [4.78, 5) is 13.3. The van der Waals surface area contributed by atoms with Crippen molar-refractivity contribution < 1.29 is 4.79 Å². The Labute approximate surface area is 86.6 Å². The van der Waals surface area contributed by atoms with Crippen LogP contribution in [0.4, 0.5) is 0 Å². The number of primary amides is 1. The fraction of sp³-hybridized carbons (Fsp3) is 0.909. The van der Waals surface area contributed by atoms with Crippen LogP contribution >= 0.6 is 0 Å². The molecule has 2 N–H and O–H groups in total. The summed E-state index contributed by atoms with van der Waals surface area (Å²) in [5.74, 6) is 1.23. The Morgan fingerprint density at radius 2 is 2.07 bits per heavy atom. The molecule has 1 aliphatic rings. The van der Waals surface area contributed by atoms with Crippen LogP contribution in [0.15, 0.2) is 0 Å². The molecule has 14 heavy (non-hydrogen) atoms. The van der Waals surface area contributed by atoms with Crippen LogP contribution in [0.5, 0.6) is 0 Å². The number of carbonyl (C=O) groups is 1. The first-order chi connectivity index (χ1) is 6.52. The molecule has 3 nitrogen and oxygen atoms in total. The fourth-order valence-electron chi connectivity index (χ4n) is 2.12. The zero-order valence-corrected chi connectivity index (χ0v) is 9.49. The zero-order valence-electron chi connectivity index (χ0n) is 9.49. The van der Waals surface area contributed by atoms with E-state index in [9.17, 15) is 4.79 Å². The summed E-state index contributed by atoms with van der Waals surface area (Å²) >= 11 is 0. The molecule has 0 aromatic rings. The third kappa shape index (κ3) is 2.71. The summed E-state index contributed by atoms with van der Waals surface area (Å²) in [6, 6.07) is -0.100. The van der Waals surface area contributed by atoms with Gasteiger partial charge in [-0.1, -0.05) is 13.8 Å². The maximum absolute atomic E-state index is 11.1. The highest BCUT2D eigenvalue weighted by molar-refractivity contribution is 5.79. The normalized spacial score (nSPS) is 26.4. The van der Waals surface area contributed by atoms with Gasteiger partial charge in [-0.05, 0) is 38.1 Å². The van der Waals surface area contributed by atoms with Crippen molar-refractivity contribution in [2.45, 2.75) is 39.7 Å². The number of rotatable bonds is 3. The number of amides is 1. The first kappa shape index (κ1) is 11.5. The zero-order chi connectivity index (χ0) is 10.7. The third-order valence-electron chi connectivity index (χ3n) is 3.39. The fourth-order valence-corrected chi connectivity index (χ4v) is 2.12. The van der Waals surface area contributed by atoms with Gasteiger partial charge < -0.3 is 5.73 Å². The van der Waals surface area contributed by atoms with Gasteiger partial charge >= 0.3 is 0 Å². The van der Waals surface area contributed by atoms with E-state index >= 15 is 0 Å². The molecule has 0 aliphatic carbocycles. The summed E-state index contributed by atoms with van der Waals surface area (Å²) in [5.41, 5.74) is 5.31. The highest BCUT2D eigenvalue weighted by Gasteiger charge is 2.27. The minimum Gasteiger partial charge on any atom is -0.368 e. The second-order valence-electron chi connectivity index (χ2n) is 4.72. The van der Waals surface area contributed by atoms with Crippen LogP contribution in [-0.4, -0.2) is 29.9 Å². The van der Waals surface area contributed by atoms with Crippen molar-refractivity contribution in [2.75, 3.05) is 13.1 Å². The van der Waals surface area contributed by atoms with Gasteiger partial charge in [-0.25, -0.2) is 0 Å². The van der Waals surface area contributed by atoms with E-state index < -0.39 is 0 Å². The molecular weight excluding hydrogens is 176 g/mol. The lowest BCUT2D eigenvalue weighted by molar-refractivity contribution is -0.123. The lowest BCUT2D eigenvalue weighted by Gasteiger charge is -2.37. The largest absolute Gasteiger partial charge is 0.368 e. The lowest BCUT2D eigenvalue weighted by Crippen LogP contribution is -2.48. The number of nitrogens with two attached hydrogens (primary N) is 1. The Morgan fingerprint density at radius 1 is 1.43 bits per heavy atom. The van der Waals surface area contributed by atoms with E-state index in [4.69, 9.17) is 5.73 Å². The molecule has 0 bridgehead atoms. The molecule has 2 atom stereocenters. The Kier molecular flexibility index (Phi) is 3.93. The third-order valence-corrected chi connectivity index (χ3v) is 3.39. The minimum absolute atomic E-state index is 0.100. The first-order valence-corrected chi connectivity index (χ1v) is 5.55.